The monoisotopic (exact) mass is 294 g/mol. The smallest absolute Gasteiger partial charge is 0.352 e. The summed E-state index contributed by atoms with van der Waals surface area (Å²) in [4.78, 5) is 21.2. The van der Waals surface area contributed by atoms with Crippen LogP contribution in [0.4, 0.5) is 5.69 Å². The minimum absolute atomic E-state index is 0.145. The first kappa shape index (κ1) is 14.1. The molecule has 104 valence electrons. The van der Waals surface area contributed by atoms with E-state index < -0.39 is 10.9 Å². The van der Waals surface area contributed by atoms with E-state index in [2.05, 4.69) is 0 Å². The first-order chi connectivity index (χ1) is 9.38. The summed E-state index contributed by atoms with van der Waals surface area (Å²) in [5.41, 5.74) is 1.28. The highest BCUT2D eigenvalue weighted by atomic mass is 35.5. The second kappa shape index (κ2) is 5.34. The van der Waals surface area contributed by atoms with Crippen LogP contribution in [0.1, 0.15) is 21.6 Å². The van der Waals surface area contributed by atoms with E-state index in [0.29, 0.717) is 10.6 Å². The zero-order valence-corrected chi connectivity index (χ0v) is 11.3. The molecule has 20 heavy (non-hydrogen) atoms. The number of nitrogens with zero attached hydrogens (tertiary/aromatic N) is 2. The molecule has 2 aromatic rings. The van der Waals surface area contributed by atoms with Gasteiger partial charge in [0.05, 0.1) is 11.1 Å². The molecule has 0 unspecified atom stereocenters. The lowest BCUT2D eigenvalue weighted by molar-refractivity contribution is -0.384. The molecule has 1 N–H and O–H groups in total. The van der Waals surface area contributed by atoms with Gasteiger partial charge in [0.2, 0.25) is 0 Å². The Morgan fingerprint density at radius 2 is 2.15 bits per heavy atom. The number of halogens is 1. The molecule has 0 aliphatic heterocycles. The number of hydrogen-bond acceptors (Lipinski definition) is 3. The number of carboxylic acids is 1. The van der Waals surface area contributed by atoms with Crippen molar-refractivity contribution in [3.05, 3.63) is 62.4 Å². The van der Waals surface area contributed by atoms with Gasteiger partial charge in [-0.05, 0) is 24.1 Å². The normalized spacial score (nSPS) is 10.5. The van der Waals surface area contributed by atoms with Gasteiger partial charge in [-0.25, -0.2) is 4.79 Å². The van der Waals surface area contributed by atoms with Crippen molar-refractivity contribution < 1.29 is 14.8 Å². The molecular formula is C13H11ClN2O4. The van der Waals surface area contributed by atoms with Gasteiger partial charge < -0.3 is 9.67 Å². The lowest BCUT2D eigenvalue weighted by Gasteiger charge is -2.08. The van der Waals surface area contributed by atoms with Crippen molar-refractivity contribution >= 4 is 23.3 Å². The van der Waals surface area contributed by atoms with E-state index in [1.165, 1.54) is 10.8 Å². The summed E-state index contributed by atoms with van der Waals surface area (Å²) in [6.07, 6.45) is 1.19. The van der Waals surface area contributed by atoms with Gasteiger partial charge in [0.25, 0.3) is 5.69 Å². The Balaban J connectivity index is 2.42. The molecule has 0 bridgehead atoms. The average molecular weight is 295 g/mol. The Morgan fingerprint density at radius 3 is 2.70 bits per heavy atom. The SMILES string of the molecule is Cc1ccc(Cn2cc([N+](=O)[O-])cc2C(=O)O)c(Cl)c1. The molecule has 1 aromatic heterocycles. The number of nitro groups is 1. The van der Waals surface area contributed by atoms with Gasteiger partial charge in [-0.3, -0.25) is 10.1 Å². The number of aryl methyl sites for hydroxylation is 1. The van der Waals surface area contributed by atoms with Crippen LogP contribution in [0.5, 0.6) is 0 Å². The van der Waals surface area contributed by atoms with Gasteiger partial charge in [-0.1, -0.05) is 23.7 Å². The van der Waals surface area contributed by atoms with Crippen LogP contribution in [0.3, 0.4) is 0 Å². The lowest BCUT2D eigenvalue weighted by Crippen LogP contribution is -2.08. The molecule has 0 spiro atoms. The highest BCUT2D eigenvalue weighted by Gasteiger charge is 2.19. The molecule has 0 amide bonds. The van der Waals surface area contributed by atoms with E-state index in [1.807, 2.05) is 13.0 Å². The van der Waals surface area contributed by atoms with Gasteiger partial charge >= 0.3 is 5.97 Å². The molecule has 0 aliphatic carbocycles. The summed E-state index contributed by atoms with van der Waals surface area (Å²) in [5.74, 6) is -1.22. The van der Waals surface area contributed by atoms with Gasteiger partial charge in [0.1, 0.15) is 5.69 Å². The third kappa shape index (κ3) is 2.80. The van der Waals surface area contributed by atoms with E-state index in [9.17, 15) is 14.9 Å². The fourth-order valence-corrected chi connectivity index (χ4v) is 2.16. The Bertz CT molecular complexity index is 694. The van der Waals surface area contributed by atoms with Crippen molar-refractivity contribution in [3.8, 4) is 0 Å². The maximum Gasteiger partial charge on any atom is 0.352 e. The maximum atomic E-state index is 11.1. The molecule has 1 heterocycles. The van der Waals surface area contributed by atoms with Crippen molar-refractivity contribution in [1.82, 2.24) is 4.57 Å². The molecule has 1 aromatic carbocycles. The van der Waals surface area contributed by atoms with Crippen molar-refractivity contribution in [1.29, 1.82) is 0 Å². The number of benzene rings is 1. The Morgan fingerprint density at radius 1 is 1.45 bits per heavy atom. The molecule has 0 aliphatic rings. The third-order valence-electron chi connectivity index (χ3n) is 2.86. The van der Waals surface area contributed by atoms with E-state index >= 15 is 0 Å². The van der Waals surface area contributed by atoms with Crippen LogP contribution in [0.2, 0.25) is 5.02 Å². The molecular weight excluding hydrogens is 284 g/mol. The molecule has 7 heteroatoms. The summed E-state index contributed by atoms with van der Waals surface area (Å²) in [5, 5.41) is 20.3. The molecule has 0 atom stereocenters. The molecule has 0 fully saturated rings. The van der Waals surface area contributed by atoms with Crippen molar-refractivity contribution in [2.45, 2.75) is 13.5 Å². The lowest BCUT2D eigenvalue weighted by atomic mass is 10.1. The second-order valence-electron chi connectivity index (χ2n) is 4.37. The summed E-state index contributed by atoms with van der Waals surface area (Å²) in [6, 6.07) is 6.41. The van der Waals surface area contributed by atoms with Gasteiger partial charge in [-0.2, -0.15) is 0 Å². The number of aromatic carboxylic acids is 1. The zero-order valence-electron chi connectivity index (χ0n) is 10.5. The van der Waals surface area contributed by atoms with Gasteiger partial charge in [0, 0.05) is 17.6 Å². The van der Waals surface area contributed by atoms with Crippen molar-refractivity contribution in [2.75, 3.05) is 0 Å². The number of carbonyl (C=O) groups is 1. The summed E-state index contributed by atoms with van der Waals surface area (Å²) >= 11 is 6.09. The molecule has 0 radical (unpaired) electrons. The topological polar surface area (TPSA) is 85.4 Å². The minimum atomic E-state index is -1.22. The standard InChI is InChI=1S/C13H11ClN2O4/c1-8-2-3-9(11(14)4-8)6-15-7-10(16(19)20)5-12(15)13(17)18/h2-5,7H,6H2,1H3,(H,17,18). The Hall–Kier alpha value is -2.34. The maximum absolute atomic E-state index is 11.1. The van der Waals surface area contributed by atoms with E-state index in [-0.39, 0.29) is 17.9 Å². The summed E-state index contributed by atoms with van der Waals surface area (Å²) in [6.45, 7) is 2.05. The quantitative estimate of drug-likeness (QED) is 0.693. The number of aromatic nitrogens is 1. The second-order valence-corrected chi connectivity index (χ2v) is 4.78. The van der Waals surface area contributed by atoms with Crippen LogP contribution in [-0.4, -0.2) is 20.6 Å². The van der Waals surface area contributed by atoms with Crippen LogP contribution in [0.15, 0.2) is 30.5 Å². The van der Waals surface area contributed by atoms with Crippen LogP contribution >= 0.6 is 11.6 Å². The first-order valence-corrected chi connectivity index (χ1v) is 6.09. The van der Waals surface area contributed by atoms with E-state index in [1.54, 1.807) is 12.1 Å². The summed E-state index contributed by atoms with van der Waals surface area (Å²) < 4.78 is 1.30. The van der Waals surface area contributed by atoms with Crippen molar-refractivity contribution in [2.24, 2.45) is 0 Å². The minimum Gasteiger partial charge on any atom is -0.477 e. The molecule has 0 saturated heterocycles. The predicted molar refractivity (Wildman–Crippen MR) is 73.3 cm³/mol. The first-order valence-electron chi connectivity index (χ1n) is 5.71. The fourth-order valence-electron chi connectivity index (χ4n) is 1.87. The third-order valence-corrected chi connectivity index (χ3v) is 3.21. The van der Waals surface area contributed by atoms with Crippen LogP contribution in [-0.2, 0) is 6.54 Å². The van der Waals surface area contributed by atoms with Gasteiger partial charge in [0.15, 0.2) is 0 Å². The van der Waals surface area contributed by atoms with Gasteiger partial charge in [-0.15, -0.1) is 0 Å². The highest BCUT2D eigenvalue weighted by Crippen LogP contribution is 2.22. The van der Waals surface area contributed by atoms with Crippen LogP contribution in [0, 0.1) is 17.0 Å². The zero-order chi connectivity index (χ0) is 14.9. The average Bonchev–Trinajstić information content (AvgIpc) is 2.77. The predicted octanol–water partition coefficient (Wildman–Crippen LogP) is 3.10. The summed E-state index contributed by atoms with van der Waals surface area (Å²) in [7, 11) is 0. The Labute approximate surface area is 119 Å². The van der Waals surface area contributed by atoms with Crippen molar-refractivity contribution in [3.63, 3.8) is 0 Å². The van der Waals surface area contributed by atoms with E-state index in [4.69, 9.17) is 16.7 Å². The fraction of sp³-hybridized carbons (Fsp3) is 0.154. The molecule has 0 saturated carbocycles. The van der Waals surface area contributed by atoms with Crippen LogP contribution in [0.25, 0.3) is 0 Å². The number of rotatable bonds is 4. The molecule has 6 nitrogen and oxygen atoms in total. The number of carboxylic acid groups (broad SMARTS) is 1. The molecule has 2 rings (SSSR count). The number of hydrogen-bond donors (Lipinski definition) is 1. The Kier molecular flexibility index (Phi) is 3.76. The largest absolute Gasteiger partial charge is 0.477 e. The van der Waals surface area contributed by atoms with Crippen LogP contribution < -0.4 is 0 Å². The van der Waals surface area contributed by atoms with E-state index in [0.717, 1.165) is 11.6 Å². The highest BCUT2D eigenvalue weighted by molar-refractivity contribution is 6.31.